The average Bonchev–Trinajstić information content (AvgIpc) is 2.84. The number of hydrogen-bond acceptors (Lipinski definition) is 3. The highest BCUT2D eigenvalue weighted by Gasteiger charge is 2.14. The van der Waals surface area contributed by atoms with Gasteiger partial charge in [0.05, 0.1) is 5.39 Å². The third-order valence-corrected chi connectivity index (χ3v) is 3.03. The molecule has 0 aliphatic rings. The quantitative estimate of drug-likeness (QED) is 0.787. The lowest BCUT2D eigenvalue weighted by Gasteiger charge is -2.03. The van der Waals surface area contributed by atoms with E-state index in [0.717, 1.165) is 0 Å². The molecule has 2 aromatic carbocycles. The van der Waals surface area contributed by atoms with E-state index in [0.29, 0.717) is 21.3 Å². The molecular weight excluding hydrogens is 275 g/mol. The zero-order chi connectivity index (χ0) is 14.8. The third-order valence-electron chi connectivity index (χ3n) is 3.03. The summed E-state index contributed by atoms with van der Waals surface area (Å²) in [7, 11) is 0. The van der Waals surface area contributed by atoms with Gasteiger partial charge in [-0.05, 0) is 29.8 Å². The Kier molecular flexibility index (Phi) is 3.27. The molecule has 1 amide bonds. The van der Waals surface area contributed by atoms with Crippen molar-refractivity contribution in [2.75, 3.05) is 0 Å². The van der Waals surface area contributed by atoms with Gasteiger partial charge in [-0.25, -0.2) is 9.18 Å². The largest absolute Gasteiger partial charge is 0.366 e. The number of amides is 1. The molecule has 0 saturated heterocycles. The second-order valence-electron chi connectivity index (χ2n) is 4.47. The number of nitrogens with one attached hydrogen (secondary N) is 1. The van der Waals surface area contributed by atoms with E-state index in [1.165, 1.54) is 12.1 Å². The Morgan fingerprint density at radius 3 is 2.57 bits per heavy atom. The van der Waals surface area contributed by atoms with Crippen LogP contribution >= 0.6 is 0 Å². The van der Waals surface area contributed by atoms with E-state index >= 15 is 0 Å². The third kappa shape index (κ3) is 2.55. The van der Waals surface area contributed by atoms with Gasteiger partial charge in [-0.3, -0.25) is 4.79 Å². The number of halogens is 1. The Morgan fingerprint density at radius 1 is 1.14 bits per heavy atom. The number of carbonyl (C=O) groups excluding carboxylic acids is 1. The second kappa shape index (κ2) is 5.24. The van der Waals surface area contributed by atoms with Gasteiger partial charge in [0.15, 0.2) is 5.58 Å². The van der Waals surface area contributed by atoms with Crippen LogP contribution in [0.25, 0.3) is 11.0 Å². The van der Waals surface area contributed by atoms with Gasteiger partial charge in [0.1, 0.15) is 5.82 Å². The molecule has 0 saturated carbocycles. The fourth-order valence-corrected chi connectivity index (χ4v) is 1.96. The molecule has 0 unspecified atom stereocenters. The Hall–Kier alpha value is -2.89. The lowest BCUT2D eigenvalue weighted by atomic mass is 10.2. The van der Waals surface area contributed by atoms with Gasteiger partial charge in [0.25, 0.3) is 5.56 Å². The highest BCUT2D eigenvalue weighted by molar-refractivity contribution is 5.82. The fraction of sp³-hybridized carbons (Fsp3) is 0.0667. The van der Waals surface area contributed by atoms with Crippen molar-refractivity contribution in [2.45, 2.75) is 6.54 Å². The van der Waals surface area contributed by atoms with Gasteiger partial charge in [0, 0.05) is 6.54 Å². The molecule has 6 heteroatoms. The number of rotatable bonds is 2. The van der Waals surface area contributed by atoms with Gasteiger partial charge in [-0.1, -0.05) is 29.0 Å². The number of aromatic nitrogens is 1. The van der Waals surface area contributed by atoms with Crippen LogP contribution in [0.1, 0.15) is 5.56 Å². The van der Waals surface area contributed by atoms with E-state index in [1.807, 2.05) is 0 Å². The van der Waals surface area contributed by atoms with Crippen molar-refractivity contribution in [3.8, 4) is 0 Å². The molecule has 0 bridgehead atoms. The Bertz CT molecular complexity index is 849. The highest BCUT2D eigenvalue weighted by atomic mass is 19.1. The van der Waals surface area contributed by atoms with Crippen LogP contribution in [0.3, 0.4) is 0 Å². The van der Waals surface area contributed by atoms with E-state index < -0.39 is 11.6 Å². The molecule has 3 rings (SSSR count). The maximum absolute atomic E-state index is 12.8. The summed E-state index contributed by atoms with van der Waals surface area (Å²) in [6.07, 6.45) is 0. The van der Waals surface area contributed by atoms with Crippen LogP contribution < -0.4 is 10.9 Å². The minimum absolute atomic E-state index is 0.169. The first-order chi connectivity index (χ1) is 10.1. The Labute approximate surface area is 118 Å². The van der Waals surface area contributed by atoms with Gasteiger partial charge in [0.2, 0.25) is 0 Å². The van der Waals surface area contributed by atoms with E-state index in [2.05, 4.69) is 5.32 Å². The molecular formula is C15H11FN2O3. The van der Waals surface area contributed by atoms with E-state index in [9.17, 15) is 14.0 Å². The Balaban J connectivity index is 1.79. The van der Waals surface area contributed by atoms with Gasteiger partial charge in [-0.2, -0.15) is 0 Å². The predicted molar refractivity (Wildman–Crippen MR) is 74.5 cm³/mol. The van der Waals surface area contributed by atoms with Gasteiger partial charge < -0.3 is 9.84 Å². The number of nitrogens with zero attached hydrogens (tertiary/aromatic N) is 1. The molecule has 0 fully saturated rings. The Morgan fingerprint density at radius 2 is 1.86 bits per heavy atom. The first-order valence-electron chi connectivity index (χ1n) is 6.29. The van der Waals surface area contributed by atoms with Crippen molar-refractivity contribution in [1.82, 2.24) is 10.1 Å². The SMILES string of the molecule is O=C(NCc1ccc(F)cc1)n1oc2ccccc2c1=O. The van der Waals surface area contributed by atoms with Crippen LogP contribution in [0, 0.1) is 5.82 Å². The normalized spacial score (nSPS) is 10.7. The monoisotopic (exact) mass is 286 g/mol. The zero-order valence-electron chi connectivity index (χ0n) is 10.9. The molecule has 0 aliphatic carbocycles. The molecule has 0 radical (unpaired) electrons. The second-order valence-corrected chi connectivity index (χ2v) is 4.47. The zero-order valence-corrected chi connectivity index (χ0v) is 10.9. The topological polar surface area (TPSA) is 64.2 Å². The van der Waals surface area contributed by atoms with E-state index in [4.69, 9.17) is 4.52 Å². The van der Waals surface area contributed by atoms with Crippen LogP contribution in [0.2, 0.25) is 0 Å². The molecule has 3 aromatic rings. The molecule has 5 nitrogen and oxygen atoms in total. The van der Waals surface area contributed by atoms with Gasteiger partial charge >= 0.3 is 6.03 Å². The van der Waals surface area contributed by atoms with Crippen LogP contribution in [0.15, 0.2) is 57.8 Å². The lowest BCUT2D eigenvalue weighted by molar-refractivity contribution is 0.213. The summed E-state index contributed by atoms with van der Waals surface area (Å²) < 4.78 is 18.6. The van der Waals surface area contributed by atoms with Crippen LogP contribution in [0.5, 0.6) is 0 Å². The summed E-state index contributed by atoms with van der Waals surface area (Å²) in [6.45, 7) is 0.169. The molecule has 21 heavy (non-hydrogen) atoms. The summed E-state index contributed by atoms with van der Waals surface area (Å²) in [5.41, 5.74) is 0.551. The molecule has 106 valence electrons. The van der Waals surface area contributed by atoms with E-state index in [1.54, 1.807) is 36.4 Å². The summed E-state index contributed by atoms with van der Waals surface area (Å²) in [5, 5.41) is 2.89. The van der Waals surface area contributed by atoms with Crippen molar-refractivity contribution >= 4 is 17.0 Å². The number of para-hydroxylation sites is 1. The van der Waals surface area contributed by atoms with Crippen LogP contribution in [-0.2, 0) is 6.54 Å². The smallest absolute Gasteiger partial charge is 0.358 e. The van der Waals surface area contributed by atoms with Crippen molar-refractivity contribution in [3.05, 3.63) is 70.3 Å². The van der Waals surface area contributed by atoms with Crippen molar-refractivity contribution in [2.24, 2.45) is 0 Å². The summed E-state index contributed by atoms with van der Waals surface area (Å²) in [6, 6.07) is 11.6. The number of benzene rings is 2. The summed E-state index contributed by atoms with van der Waals surface area (Å²) in [4.78, 5) is 23.9. The van der Waals surface area contributed by atoms with Crippen molar-refractivity contribution in [1.29, 1.82) is 0 Å². The van der Waals surface area contributed by atoms with Crippen molar-refractivity contribution < 1.29 is 13.7 Å². The minimum atomic E-state index is -0.666. The number of hydrogen-bond donors (Lipinski definition) is 1. The predicted octanol–water partition coefficient (Wildman–Crippen LogP) is 2.49. The maximum atomic E-state index is 12.8. The number of fused-ring (bicyclic) bond motifs is 1. The molecule has 1 N–H and O–H groups in total. The molecule has 1 heterocycles. The van der Waals surface area contributed by atoms with Gasteiger partial charge in [-0.15, -0.1) is 0 Å². The molecule has 0 aliphatic heterocycles. The average molecular weight is 286 g/mol. The summed E-state index contributed by atoms with van der Waals surface area (Å²) >= 11 is 0. The first-order valence-corrected chi connectivity index (χ1v) is 6.29. The number of carbonyl (C=O) groups is 1. The van der Waals surface area contributed by atoms with Crippen LogP contribution in [-0.4, -0.2) is 10.8 Å². The van der Waals surface area contributed by atoms with E-state index in [-0.39, 0.29) is 12.4 Å². The maximum Gasteiger partial charge on any atom is 0.358 e. The fourth-order valence-electron chi connectivity index (χ4n) is 1.96. The molecule has 0 spiro atoms. The van der Waals surface area contributed by atoms with Crippen molar-refractivity contribution in [3.63, 3.8) is 0 Å². The molecule has 1 aromatic heterocycles. The molecule has 0 atom stereocenters. The van der Waals surface area contributed by atoms with Crippen LogP contribution in [0.4, 0.5) is 9.18 Å². The summed E-state index contributed by atoms with van der Waals surface area (Å²) in [5.74, 6) is -0.349. The standard InChI is InChI=1S/C15H11FN2O3/c16-11-7-5-10(6-8-11)9-17-15(20)18-14(19)12-3-1-2-4-13(12)21-18/h1-8H,9H2,(H,17,20). The minimum Gasteiger partial charge on any atom is -0.366 e. The highest BCUT2D eigenvalue weighted by Crippen LogP contribution is 2.09. The first kappa shape index (κ1) is 13.1. The lowest BCUT2D eigenvalue weighted by Crippen LogP contribution is -2.33.